The van der Waals surface area contributed by atoms with Crippen LogP contribution in [0, 0.1) is 0 Å². The van der Waals surface area contributed by atoms with Gasteiger partial charge in [-0.2, -0.15) is 0 Å². The van der Waals surface area contributed by atoms with Gasteiger partial charge in [-0.3, -0.25) is 22.7 Å². The largest absolute Gasteiger partial charge is 0.472 e. The highest BCUT2D eigenvalue weighted by Gasteiger charge is 2.43. The number of rotatable bonds is 10. The Hall–Kier alpha value is -3.16. The van der Waals surface area contributed by atoms with Gasteiger partial charge in [0.2, 0.25) is 0 Å². The second-order valence-corrected chi connectivity index (χ2v) is 12.2. The SMILES string of the molecule is Nc1ncnc2c1ncn2[C@H]1CC[C@@H](COP(=O)(O)O[C@H]2C[C@H](n3cnc4c(N)ncnc43)O[C@@H]2COP(=O)(O)O)O1. The second kappa shape index (κ2) is 11.2. The molecular formula is C20H26N10O10P2. The van der Waals surface area contributed by atoms with Crippen molar-refractivity contribution in [2.24, 2.45) is 0 Å². The molecule has 20 nitrogen and oxygen atoms in total. The first-order valence-corrected chi connectivity index (χ1v) is 15.5. The molecule has 0 aromatic carbocycles. The highest BCUT2D eigenvalue weighted by molar-refractivity contribution is 7.47. The van der Waals surface area contributed by atoms with Crippen LogP contribution in [0.4, 0.5) is 11.6 Å². The number of phosphoric ester groups is 2. The number of ether oxygens (including phenoxy) is 2. The molecule has 1 unspecified atom stereocenters. The molecule has 0 spiro atoms. The van der Waals surface area contributed by atoms with Gasteiger partial charge in [0.15, 0.2) is 22.9 Å². The van der Waals surface area contributed by atoms with Crippen LogP contribution in [-0.2, 0) is 32.2 Å². The minimum atomic E-state index is -4.89. The normalized spacial score (nSPS) is 26.3. The van der Waals surface area contributed by atoms with Gasteiger partial charge in [-0.05, 0) is 12.8 Å². The Kier molecular flexibility index (Phi) is 7.69. The van der Waals surface area contributed by atoms with Crippen molar-refractivity contribution in [2.45, 2.75) is 50.0 Å². The molecule has 0 bridgehead atoms. The van der Waals surface area contributed by atoms with Crippen LogP contribution >= 0.6 is 15.6 Å². The third-order valence-electron chi connectivity index (χ3n) is 6.76. The molecule has 2 aliphatic heterocycles. The van der Waals surface area contributed by atoms with Crippen molar-refractivity contribution in [1.29, 1.82) is 0 Å². The maximum atomic E-state index is 12.9. The van der Waals surface area contributed by atoms with Gasteiger partial charge in [0.25, 0.3) is 0 Å². The molecule has 0 saturated carbocycles. The number of hydrogen-bond donors (Lipinski definition) is 5. The van der Waals surface area contributed by atoms with E-state index in [1.165, 1.54) is 29.9 Å². The molecule has 6 atom stereocenters. The van der Waals surface area contributed by atoms with E-state index in [1.807, 2.05) is 0 Å². The lowest BCUT2D eigenvalue weighted by molar-refractivity contribution is -0.0476. The Bertz CT molecular complexity index is 1700. The van der Waals surface area contributed by atoms with E-state index in [9.17, 15) is 23.8 Å². The van der Waals surface area contributed by atoms with Gasteiger partial charge in [-0.1, -0.05) is 0 Å². The highest BCUT2D eigenvalue weighted by Crippen LogP contribution is 2.50. The van der Waals surface area contributed by atoms with Gasteiger partial charge in [-0.15, -0.1) is 0 Å². The van der Waals surface area contributed by atoms with E-state index >= 15 is 0 Å². The summed E-state index contributed by atoms with van der Waals surface area (Å²) in [6.07, 6.45) is 2.26. The topological polar surface area (TPSA) is 280 Å². The summed E-state index contributed by atoms with van der Waals surface area (Å²) in [6.45, 7) is -0.924. The van der Waals surface area contributed by atoms with Crippen molar-refractivity contribution in [3.8, 4) is 0 Å². The standard InChI is InChI=1S/C20H26N10O10P2/c21-17-15-19(25-6-23-17)29(8-27-15)13-2-1-10(38-13)4-37-42(34,35)40-11-3-14(39-12(11)5-36-41(31,32)33)30-9-28-16-18(22)24-7-26-20(16)30/h6-14H,1-5H2,(H,34,35)(H2,21,23,25)(H2,22,24,26)(H2,31,32,33)/t10-,11-,12+,13+,14+/m0/s1. The third kappa shape index (κ3) is 6.00. The Morgan fingerprint density at radius 2 is 1.45 bits per heavy atom. The summed E-state index contributed by atoms with van der Waals surface area (Å²) >= 11 is 0. The minimum absolute atomic E-state index is 0.0425. The summed E-state index contributed by atoms with van der Waals surface area (Å²) in [5.74, 6) is 0.366. The molecule has 42 heavy (non-hydrogen) atoms. The van der Waals surface area contributed by atoms with E-state index in [2.05, 4.69) is 34.4 Å². The smallest absolute Gasteiger partial charge is 0.382 e. The Balaban J connectivity index is 1.11. The monoisotopic (exact) mass is 628 g/mol. The van der Waals surface area contributed by atoms with E-state index in [-0.39, 0.29) is 24.7 Å². The minimum Gasteiger partial charge on any atom is -0.382 e. The molecular weight excluding hydrogens is 602 g/mol. The molecule has 22 heteroatoms. The van der Waals surface area contributed by atoms with Crippen LogP contribution in [0.5, 0.6) is 0 Å². The number of nitrogen functional groups attached to an aromatic ring is 2. The van der Waals surface area contributed by atoms with E-state index in [1.54, 1.807) is 4.57 Å². The van der Waals surface area contributed by atoms with Crippen LogP contribution in [-0.4, -0.2) is 85.2 Å². The summed E-state index contributed by atoms with van der Waals surface area (Å²) in [5.41, 5.74) is 13.2. The maximum Gasteiger partial charge on any atom is 0.472 e. The van der Waals surface area contributed by atoms with Gasteiger partial charge < -0.3 is 35.6 Å². The second-order valence-electron chi connectivity index (χ2n) is 9.52. The van der Waals surface area contributed by atoms with Crippen molar-refractivity contribution in [3.63, 3.8) is 0 Å². The van der Waals surface area contributed by atoms with E-state index in [0.717, 1.165) is 0 Å². The number of fused-ring (bicyclic) bond motifs is 2. The summed E-state index contributed by atoms with van der Waals surface area (Å²) < 4.78 is 54.6. The zero-order chi connectivity index (χ0) is 29.6. The lowest BCUT2D eigenvalue weighted by Crippen LogP contribution is -2.28. The molecule has 4 aromatic heterocycles. The zero-order valence-corrected chi connectivity index (χ0v) is 23.3. The molecule has 2 aliphatic rings. The molecule has 0 aliphatic carbocycles. The average molecular weight is 628 g/mol. The molecule has 2 saturated heterocycles. The molecule has 2 fully saturated rings. The van der Waals surface area contributed by atoms with Gasteiger partial charge in [0.05, 0.1) is 32.0 Å². The van der Waals surface area contributed by atoms with Crippen LogP contribution in [0.2, 0.25) is 0 Å². The quantitative estimate of drug-likeness (QED) is 0.149. The molecule has 226 valence electrons. The maximum absolute atomic E-state index is 12.9. The average Bonchev–Trinajstić information content (AvgIpc) is 3.71. The van der Waals surface area contributed by atoms with Crippen molar-refractivity contribution >= 4 is 49.6 Å². The van der Waals surface area contributed by atoms with Crippen LogP contribution < -0.4 is 11.5 Å². The summed E-state index contributed by atoms with van der Waals surface area (Å²) in [6, 6.07) is 0. The molecule has 6 heterocycles. The number of aromatic nitrogens is 8. The van der Waals surface area contributed by atoms with Crippen molar-refractivity contribution in [2.75, 3.05) is 24.7 Å². The van der Waals surface area contributed by atoms with Crippen LogP contribution in [0.1, 0.15) is 31.7 Å². The first-order valence-electron chi connectivity index (χ1n) is 12.5. The molecule has 6 rings (SSSR count). The Morgan fingerprint density at radius 3 is 2.07 bits per heavy atom. The fourth-order valence-electron chi connectivity index (χ4n) is 4.86. The first-order chi connectivity index (χ1) is 20.0. The molecule has 4 aromatic rings. The fraction of sp³-hybridized carbons (Fsp3) is 0.500. The Labute approximate surface area is 235 Å². The van der Waals surface area contributed by atoms with Gasteiger partial charge in [0, 0.05) is 6.42 Å². The van der Waals surface area contributed by atoms with Crippen LogP contribution in [0.3, 0.4) is 0 Å². The predicted molar refractivity (Wildman–Crippen MR) is 140 cm³/mol. The highest BCUT2D eigenvalue weighted by atomic mass is 31.2. The summed E-state index contributed by atoms with van der Waals surface area (Å²) in [7, 11) is -9.60. The van der Waals surface area contributed by atoms with Crippen molar-refractivity contribution in [1.82, 2.24) is 39.0 Å². The number of hydrogen-bond acceptors (Lipinski definition) is 15. The lowest BCUT2D eigenvalue weighted by atomic mass is 10.2. The first kappa shape index (κ1) is 28.9. The molecule has 7 N–H and O–H groups in total. The fourth-order valence-corrected chi connectivity index (χ4v) is 6.18. The Morgan fingerprint density at radius 1 is 0.833 bits per heavy atom. The summed E-state index contributed by atoms with van der Waals surface area (Å²) in [4.78, 5) is 53.4. The lowest BCUT2D eigenvalue weighted by Gasteiger charge is -2.22. The van der Waals surface area contributed by atoms with Crippen LogP contribution in [0.25, 0.3) is 22.3 Å². The molecule has 0 amide bonds. The molecule has 0 radical (unpaired) electrons. The summed E-state index contributed by atoms with van der Waals surface area (Å²) in [5, 5.41) is 0. The van der Waals surface area contributed by atoms with Gasteiger partial charge in [-0.25, -0.2) is 39.0 Å². The number of imidazole rings is 2. The number of nitrogens with two attached hydrogens (primary N) is 2. The number of nitrogens with zero attached hydrogens (tertiary/aromatic N) is 8. The number of phosphoric acid groups is 2. The van der Waals surface area contributed by atoms with E-state index in [4.69, 9.17) is 30.0 Å². The van der Waals surface area contributed by atoms with Gasteiger partial charge in [0.1, 0.15) is 48.4 Å². The zero-order valence-electron chi connectivity index (χ0n) is 21.6. The van der Waals surface area contributed by atoms with E-state index in [0.29, 0.717) is 35.2 Å². The van der Waals surface area contributed by atoms with Crippen molar-refractivity contribution in [3.05, 3.63) is 25.3 Å². The third-order valence-corrected chi connectivity index (χ3v) is 8.26. The van der Waals surface area contributed by atoms with Crippen molar-refractivity contribution < 1.29 is 46.9 Å². The predicted octanol–water partition coefficient (Wildman–Crippen LogP) is 0.407. The van der Waals surface area contributed by atoms with E-state index < -0.39 is 53.0 Å². The number of anilines is 2. The van der Waals surface area contributed by atoms with Crippen LogP contribution in [0.15, 0.2) is 25.3 Å². The van der Waals surface area contributed by atoms with Gasteiger partial charge >= 0.3 is 15.6 Å².